The number of rotatable bonds is 8. The third-order valence-corrected chi connectivity index (χ3v) is 5.22. The number of para-hydroxylation sites is 1. The highest BCUT2D eigenvalue weighted by molar-refractivity contribution is 7.92. The van der Waals surface area contributed by atoms with Crippen LogP contribution in [-0.4, -0.2) is 41.3 Å². The van der Waals surface area contributed by atoms with E-state index in [1.165, 1.54) is 19.2 Å². The maximum atomic E-state index is 12.3. The van der Waals surface area contributed by atoms with Crippen LogP contribution in [0.5, 0.6) is 11.5 Å². The molecule has 1 N–H and O–H groups in total. The van der Waals surface area contributed by atoms with Gasteiger partial charge in [0.2, 0.25) is 15.9 Å². The van der Waals surface area contributed by atoms with Crippen molar-refractivity contribution < 1.29 is 22.7 Å². The second-order valence-electron chi connectivity index (χ2n) is 5.68. The molecule has 0 aliphatic carbocycles. The molecule has 2 aromatic rings. The van der Waals surface area contributed by atoms with Gasteiger partial charge < -0.3 is 14.8 Å². The lowest BCUT2D eigenvalue weighted by atomic mass is 10.2. The molecule has 0 heterocycles. The molecular weight excluding hydrogens is 392 g/mol. The summed E-state index contributed by atoms with van der Waals surface area (Å²) in [6.45, 7) is -0.166. The Morgan fingerprint density at radius 3 is 2.37 bits per heavy atom. The molecule has 0 bridgehead atoms. The van der Waals surface area contributed by atoms with Crippen molar-refractivity contribution >= 4 is 33.2 Å². The highest BCUT2D eigenvalue weighted by Crippen LogP contribution is 2.30. The van der Waals surface area contributed by atoms with Gasteiger partial charge in [0.15, 0.2) is 0 Å². The molecule has 1 amide bonds. The third kappa shape index (κ3) is 5.51. The van der Waals surface area contributed by atoms with Crippen LogP contribution in [0, 0.1) is 0 Å². The van der Waals surface area contributed by atoms with E-state index in [9.17, 15) is 13.2 Å². The fraction of sp³-hybridized carbons (Fsp3) is 0.278. The lowest BCUT2D eigenvalue weighted by Gasteiger charge is -2.22. The fourth-order valence-electron chi connectivity index (χ4n) is 2.44. The molecule has 0 radical (unpaired) electrons. The summed E-state index contributed by atoms with van der Waals surface area (Å²) in [5.74, 6) is 0.590. The number of nitrogens with one attached hydrogen (secondary N) is 1. The predicted octanol–water partition coefficient (Wildman–Crippen LogP) is 2.44. The van der Waals surface area contributed by atoms with Crippen LogP contribution >= 0.6 is 11.6 Å². The van der Waals surface area contributed by atoms with Gasteiger partial charge in [0, 0.05) is 12.1 Å². The van der Waals surface area contributed by atoms with Gasteiger partial charge in [-0.05, 0) is 24.3 Å². The van der Waals surface area contributed by atoms with Gasteiger partial charge in [-0.2, -0.15) is 0 Å². The van der Waals surface area contributed by atoms with Crippen molar-refractivity contribution in [2.75, 3.05) is 31.3 Å². The van der Waals surface area contributed by atoms with Crippen LogP contribution in [0.15, 0.2) is 42.5 Å². The molecule has 0 saturated carbocycles. The summed E-state index contributed by atoms with van der Waals surface area (Å²) >= 11 is 6.07. The number of hydrogen-bond acceptors (Lipinski definition) is 5. The minimum Gasteiger partial charge on any atom is -0.496 e. The van der Waals surface area contributed by atoms with Crippen LogP contribution in [-0.2, 0) is 21.4 Å². The number of halogens is 1. The Kier molecular flexibility index (Phi) is 6.92. The first-order valence-corrected chi connectivity index (χ1v) is 10.2. The van der Waals surface area contributed by atoms with Crippen molar-refractivity contribution in [1.29, 1.82) is 0 Å². The summed E-state index contributed by atoms with van der Waals surface area (Å²) in [5, 5.41) is 2.95. The van der Waals surface area contributed by atoms with Crippen molar-refractivity contribution in [3.63, 3.8) is 0 Å². The van der Waals surface area contributed by atoms with Crippen molar-refractivity contribution in [2.24, 2.45) is 0 Å². The minimum atomic E-state index is -3.70. The van der Waals surface area contributed by atoms with Crippen LogP contribution in [0.4, 0.5) is 5.69 Å². The number of carbonyl (C=O) groups is 1. The Balaban J connectivity index is 2.14. The van der Waals surface area contributed by atoms with Gasteiger partial charge in [-0.1, -0.05) is 29.8 Å². The molecule has 0 aliphatic heterocycles. The van der Waals surface area contributed by atoms with Gasteiger partial charge in [-0.15, -0.1) is 0 Å². The Morgan fingerprint density at radius 1 is 1.11 bits per heavy atom. The minimum absolute atomic E-state index is 0.212. The lowest BCUT2D eigenvalue weighted by Crippen LogP contribution is -2.40. The molecule has 0 fully saturated rings. The fourth-order valence-corrected chi connectivity index (χ4v) is 3.54. The average molecular weight is 413 g/mol. The summed E-state index contributed by atoms with van der Waals surface area (Å²) in [6.07, 6.45) is 1.03. The highest BCUT2D eigenvalue weighted by Gasteiger charge is 2.22. The number of benzene rings is 2. The predicted molar refractivity (Wildman–Crippen MR) is 105 cm³/mol. The number of sulfonamides is 1. The molecule has 9 heteroatoms. The summed E-state index contributed by atoms with van der Waals surface area (Å²) < 4.78 is 35.6. The molecule has 0 unspecified atom stereocenters. The zero-order valence-corrected chi connectivity index (χ0v) is 16.8. The second kappa shape index (κ2) is 8.96. The molecule has 2 aromatic carbocycles. The maximum absolute atomic E-state index is 12.3. The molecule has 146 valence electrons. The Bertz CT molecular complexity index is 918. The first kappa shape index (κ1) is 20.9. The number of hydrogen-bond donors (Lipinski definition) is 1. The molecule has 0 aliphatic rings. The van der Waals surface area contributed by atoms with Crippen LogP contribution in [0.25, 0.3) is 0 Å². The number of ether oxygens (including phenoxy) is 2. The second-order valence-corrected chi connectivity index (χ2v) is 7.99. The smallest absolute Gasteiger partial charge is 0.241 e. The van der Waals surface area contributed by atoms with Crippen molar-refractivity contribution in [1.82, 2.24) is 5.32 Å². The van der Waals surface area contributed by atoms with Gasteiger partial charge in [-0.25, -0.2) is 8.42 Å². The molecule has 0 spiro atoms. The largest absolute Gasteiger partial charge is 0.496 e. The maximum Gasteiger partial charge on any atom is 0.241 e. The zero-order valence-electron chi connectivity index (χ0n) is 15.2. The number of carbonyl (C=O) groups excluding carboxylic acids is 1. The number of methoxy groups -OCH3 is 2. The van der Waals surface area contributed by atoms with E-state index in [4.69, 9.17) is 21.1 Å². The summed E-state index contributed by atoms with van der Waals surface area (Å²) in [5.41, 5.74) is 1.06. The normalized spacial score (nSPS) is 11.0. The molecule has 27 heavy (non-hydrogen) atoms. The topological polar surface area (TPSA) is 84.9 Å². The first-order chi connectivity index (χ1) is 12.8. The Morgan fingerprint density at radius 2 is 1.78 bits per heavy atom. The average Bonchev–Trinajstić information content (AvgIpc) is 2.63. The number of anilines is 1. The van der Waals surface area contributed by atoms with Crippen molar-refractivity contribution in [3.05, 3.63) is 53.1 Å². The number of amides is 1. The van der Waals surface area contributed by atoms with Crippen LogP contribution < -0.4 is 19.1 Å². The van der Waals surface area contributed by atoms with E-state index in [0.717, 1.165) is 16.1 Å². The van der Waals surface area contributed by atoms with E-state index >= 15 is 0 Å². The van der Waals surface area contributed by atoms with E-state index in [-0.39, 0.29) is 23.8 Å². The molecule has 2 rings (SSSR count). The lowest BCUT2D eigenvalue weighted by molar-refractivity contribution is -0.119. The van der Waals surface area contributed by atoms with Crippen LogP contribution in [0.1, 0.15) is 5.56 Å². The molecular formula is C18H21ClN2O5S. The van der Waals surface area contributed by atoms with E-state index in [0.29, 0.717) is 11.5 Å². The highest BCUT2D eigenvalue weighted by atomic mass is 35.5. The van der Waals surface area contributed by atoms with Crippen molar-refractivity contribution in [3.8, 4) is 11.5 Å². The van der Waals surface area contributed by atoms with Crippen LogP contribution in [0.3, 0.4) is 0 Å². The van der Waals surface area contributed by atoms with E-state index < -0.39 is 15.9 Å². The summed E-state index contributed by atoms with van der Waals surface area (Å²) in [6, 6.07) is 11.8. The SMILES string of the molecule is COc1ccc(N(CC(=O)NCc2ccccc2OC)S(C)(=O)=O)cc1Cl. The van der Waals surface area contributed by atoms with Crippen molar-refractivity contribution in [2.45, 2.75) is 6.54 Å². The van der Waals surface area contributed by atoms with E-state index in [1.54, 1.807) is 19.2 Å². The van der Waals surface area contributed by atoms with Crippen LogP contribution in [0.2, 0.25) is 5.02 Å². The van der Waals surface area contributed by atoms with Gasteiger partial charge in [0.25, 0.3) is 0 Å². The summed E-state index contributed by atoms with van der Waals surface area (Å²) in [7, 11) is -0.697. The quantitative estimate of drug-likeness (QED) is 0.719. The van der Waals surface area contributed by atoms with E-state index in [1.807, 2.05) is 18.2 Å². The molecule has 0 saturated heterocycles. The Hall–Kier alpha value is -2.45. The molecule has 0 atom stereocenters. The third-order valence-electron chi connectivity index (χ3n) is 3.78. The van der Waals surface area contributed by atoms with Gasteiger partial charge >= 0.3 is 0 Å². The Labute approximate surface area is 163 Å². The monoisotopic (exact) mass is 412 g/mol. The molecule has 0 aromatic heterocycles. The van der Waals surface area contributed by atoms with Gasteiger partial charge in [0.05, 0.1) is 31.2 Å². The van der Waals surface area contributed by atoms with Gasteiger partial charge in [-0.3, -0.25) is 9.10 Å². The summed E-state index contributed by atoms with van der Waals surface area (Å²) in [4.78, 5) is 12.3. The zero-order chi connectivity index (χ0) is 20.0. The number of nitrogens with zero attached hydrogens (tertiary/aromatic N) is 1. The van der Waals surface area contributed by atoms with Gasteiger partial charge in [0.1, 0.15) is 18.0 Å². The molecule has 7 nitrogen and oxygen atoms in total. The standard InChI is InChI=1S/C18H21ClN2O5S/c1-25-16-7-5-4-6-13(16)11-20-18(22)12-21(27(3,23)24)14-8-9-17(26-2)15(19)10-14/h4-10H,11-12H2,1-3H3,(H,20,22). The first-order valence-electron chi connectivity index (χ1n) is 7.96. The van der Waals surface area contributed by atoms with E-state index in [2.05, 4.69) is 5.32 Å².